The van der Waals surface area contributed by atoms with Crippen molar-refractivity contribution in [2.75, 3.05) is 6.61 Å². The van der Waals surface area contributed by atoms with E-state index in [1.807, 2.05) is 0 Å². The molecule has 5 nitrogen and oxygen atoms in total. The smallest absolute Gasteiger partial charge is 0.349 e. The maximum atomic E-state index is 13.9. The summed E-state index contributed by atoms with van der Waals surface area (Å²) in [4.78, 5) is 0. The first kappa shape index (κ1) is 14.4. The van der Waals surface area contributed by atoms with Crippen LogP contribution in [0.25, 0.3) is 0 Å². The Morgan fingerprint density at radius 3 is 2.44 bits per heavy atom. The van der Waals surface area contributed by atoms with Gasteiger partial charge in [0, 0.05) is 18.6 Å². The lowest BCUT2D eigenvalue weighted by Crippen LogP contribution is -2.76. The molecular weight excluding hydrogens is 260 g/mol. The largest absolute Gasteiger partial charge is 0.380 e. The third-order valence-electron chi connectivity index (χ3n) is 3.81. The molecule has 2 fully saturated rings. The molecule has 0 aliphatic carbocycles. The highest BCUT2D eigenvalue weighted by Gasteiger charge is 2.77. The van der Waals surface area contributed by atoms with Gasteiger partial charge < -0.3 is 4.74 Å². The molecular formula is C11H20FNO4P. The highest BCUT2D eigenvalue weighted by atomic mass is 31.2. The molecule has 0 spiro atoms. The molecule has 0 N–H and O–H groups in total. The molecule has 7 heteroatoms. The number of hydrogen-bond acceptors (Lipinski definition) is 4. The van der Waals surface area contributed by atoms with E-state index in [0.29, 0.717) is 6.61 Å². The number of hydroxylamine groups is 2. The van der Waals surface area contributed by atoms with E-state index in [2.05, 4.69) is 0 Å². The first-order valence-electron chi connectivity index (χ1n) is 6.11. The highest BCUT2D eigenvalue weighted by molar-refractivity contribution is 7.56. The Morgan fingerprint density at radius 1 is 1.44 bits per heavy atom. The number of ether oxygens (including phenoxy) is 1. The maximum Gasteiger partial charge on any atom is 0.380 e. The minimum absolute atomic E-state index is 0.208. The van der Waals surface area contributed by atoms with Crippen molar-refractivity contribution in [1.82, 2.24) is 5.06 Å². The highest BCUT2D eigenvalue weighted by Crippen LogP contribution is 2.76. The molecule has 3 unspecified atom stereocenters. The average molecular weight is 280 g/mol. The third-order valence-corrected chi connectivity index (χ3v) is 6.01. The van der Waals surface area contributed by atoms with Gasteiger partial charge in [-0.2, -0.15) is 4.20 Å². The minimum Gasteiger partial charge on any atom is -0.349 e. The van der Waals surface area contributed by atoms with Crippen LogP contribution in [0.2, 0.25) is 0 Å². The maximum absolute atomic E-state index is 13.9. The van der Waals surface area contributed by atoms with E-state index in [9.17, 15) is 14.0 Å². The van der Waals surface area contributed by atoms with Crippen molar-refractivity contribution >= 4 is 7.68 Å². The second-order valence-corrected chi connectivity index (χ2v) is 7.94. The van der Waals surface area contributed by atoms with Crippen molar-refractivity contribution < 1.29 is 23.2 Å². The lowest BCUT2D eigenvalue weighted by molar-refractivity contribution is -0.361. The van der Waals surface area contributed by atoms with Gasteiger partial charge in [-0.25, -0.2) is 0 Å². The number of nitrogens with zero attached hydrogens (tertiary/aromatic N) is 1. The number of halogens is 1. The minimum atomic E-state index is -4.27. The second kappa shape index (κ2) is 3.76. The van der Waals surface area contributed by atoms with E-state index in [-0.39, 0.29) is 6.42 Å². The molecule has 1 radical (unpaired) electrons. The summed E-state index contributed by atoms with van der Waals surface area (Å²) in [5, 5.41) is 13.1. The zero-order valence-electron chi connectivity index (χ0n) is 11.4. The van der Waals surface area contributed by atoms with Crippen molar-refractivity contribution in [2.45, 2.75) is 63.6 Å². The van der Waals surface area contributed by atoms with Crippen LogP contribution >= 0.6 is 7.68 Å². The second-order valence-electron chi connectivity index (χ2n) is 6.20. The molecule has 0 aromatic rings. The normalized spacial score (nSPS) is 46.3. The molecule has 0 aromatic carbocycles. The summed E-state index contributed by atoms with van der Waals surface area (Å²) < 4.78 is 36.2. The molecule has 18 heavy (non-hydrogen) atoms. The summed E-state index contributed by atoms with van der Waals surface area (Å²) in [7, 11) is -4.27. The Labute approximate surface area is 107 Å². The first-order chi connectivity index (χ1) is 8.00. The molecule has 2 aliphatic rings. The van der Waals surface area contributed by atoms with Crippen molar-refractivity contribution in [3.63, 3.8) is 0 Å². The number of hydrogen-bond donors (Lipinski definition) is 0. The van der Waals surface area contributed by atoms with Gasteiger partial charge in [0.25, 0.3) is 0 Å². The lowest BCUT2D eigenvalue weighted by atomic mass is 9.77. The predicted octanol–water partition coefficient (Wildman–Crippen LogP) is 2.89. The Morgan fingerprint density at radius 2 is 2.00 bits per heavy atom. The van der Waals surface area contributed by atoms with Gasteiger partial charge in [-0.3, -0.25) is 9.09 Å². The van der Waals surface area contributed by atoms with Crippen molar-refractivity contribution in [3.8, 4) is 0 Å². The molecule has 2 aliphatic heterocycles. The van der Waals surface area contributed by atoms with E-state index in [1.165, 1.54) is 0 Å². The molecule has 0 bridgehead atoms. The number of rotatable bonds is 2. The quantitative estimate of drug-likeness (QED) is 0.730. The fourth-order valence-electron chi connectivity index (χ4n) is 3.51. The van der Waals surface area contributed by atoms with Gasteiger partial charge in [0.1, 0.15) is 5.66 Å². The summed E-state index contributed by atoms with van der Waals surface area (Å²) in [6, 6.07) is 0. The molecule has 0 amide bonds. The van der Waals surface area contributed by atoms with Crippen LogP contribution in [0.4, 0.5) is 4.20 Å². The Hall–Kier alpha value is -0.0000000000000000208. The van der Waals surface area contributed by atoms with Crippen LogP contribution in [-0.2, 0) is 19.0 Å². The zero-order valence-corrected chi connectivity index (χ0v) is 12.3. The monoisotopic (exact) mass is 280 g/mol. The standard InChI is InChI=1S/C11H20FNO4P/c1-6-16-11-7-9(2,3)13(14)10(4,5)8(11)18(12,15)17-11/h8H,6-7H2,1-5H3. The van der Waals surface area contributed by atoms with Crippen LogP contribution in [0.15, 0.2) is 0 Å². The lowest BCUT2D eigenvalue weighted by Gasteiger charge is -2.63. The Kier molecular flexibility index (Phi) is 3.01. The fraction of sp³-hybridized carbons (Fsp3) is 1.00. The molecule has 2 saturated heterocycles. The molecule has 0 aromatic heterocycles. The summed E-state index contributed by atoms with van der Waals surface area (Å²) in [6.45, 7) is 8.77. The van der Waals surface area contributed by atoms with Gasteiger partial charge in [-0.15, -0.1) is 10.3 Å². The Balaban J connectivity index is 2.46. The van der Waals surface area contributed by atoms with E-state index >= 15 is 0 Å². The van der Waals surface area contributed by atoms with Gasteiger partial charge in [0.05, 0.1) is 5.54 Å². The van der Waals surface area contributed by atoms with Crippen LogP contribution in [0, 0.1) is 0 Å². The van der Waals surface area contributed by atoms with Crippen LogP contribution in [0.3, 0.4) is 0 Å². The van der Waals surface area contributed by atoms with E-state index in [1.54, 1.807) is 34.6 Å². The van der Waals surface area contributed by atoms with Gasteiger partial charge in [0.15, 0.2) is 5.79 Å². The summed E-state index contributed by atoms with van der Waals surface area (Å²) in [6.07, 6.45) is 0.208. The van der Waals surface area contributed by atoms with Gasteiger partial charge in [0.2, 0.25) is 0 Å². The van der Waals surface area contributed by atoms with Crippen LogP contribution < -0.4 is 0 Å². The number of piperidine rings is 1. The first-order valence-corrected chi connectivity index (χ1v) is 7.70. The van der Waals surface area contributed by atoms with Gasteiger partial charge in [-0.1, -0.05) is 0 Å². The molecule has 3 atom stereocenters. The van der Waals surface area contributed by atoms with Crippen molar-refractivity contribution in [2.24, 2.45) is 0 Å². The average Bonchev–Trinajstić information content (AvgIpc) is 2.11. The number of fused-ring (bicyclic) bond motifs is 1. The summed E-state index contributed by atoms with van der Waals surface area (Å²) in [5.41, 5.74) is -2.90. The van der Waals surface area contributed by atoms with E-state index < -0.39 is 30.2 Å². The zero-order chi connectivity index (χ0) is 14.0. The van der Waals surface area contributed by atoms with Crippen LogP contribution in [0.1, 0.15) is 41.0 Å². The van der Waals surface area contributed by atoms with Crippen LogP contribution in [-0.4, -0.2) is 34.2 Å². The summed E-state index contributed by atoms with van der Waals surface area (Å²) in [5.74, 6) is -1.23. The summed E-state index contributed by atoms with van der Waals surface area (Å²) >= 11 is 0. The molecule has 2 heterocycles. The SMILES string of the molecule is CCOC12CC(C)(C)N([O])C(C)(C)C1P(=O)(F)O2. The van der Waals surface area contributed by atoms with Gasteiger partial charge in [-0.05, 0) is 34.6 Å². The van der Waals surface area contributed by atoms with Gasteiger partial charge >= 0.3 is 7.68 Å². The fourth-order valence-corrected chi connectivity index (χ4v) is 5.65. The van der Waals surface area contributed by atoms with E-state index in [4.69, 9.17) is 9.26 Å². The topological polar surface area (TPSA) is 58.7 Å². The van der Waals surface area contributed by atoms with Crippen LogP contribution in [0.5, 0.6) is 0 Å². The van der Waals surface area contributed by atoms with Crippen molar-refractivity contribution in [3.05, 3.63) is 0 Å². The molecule has 105 valence electrons. The third kappa shape index (κ3) is 1.70. The predicted molar refractivity (Wildman–Crippen MR) is 63.2 cm³/mol. The molecule has 0 saturated carbocycles. The molecule has 2 rings (SSSR count). The van der Waals surface area contributed by atoms with E-state index in [0.717, 1.165) is 5.06 Å². The Bertz CT molecular complexity index is 414. The van der Waals surface area contributed by atoms with Crippen molar-refractivity contribution in [1.29, 1.82) is 0 Å².